The lowest BCUT2D eigenvalue weighted by molar-refractivity contribution is -0.270. The molecule has 1 saturated heterocycles. The number of carbonyl (C=O) groups excluding carboxylic acids is 4. The van der Waals surface area contributed by atoms with Crippen molar-refractivity contribution in [2.24, 2.45) is 0 Å². The van der Waals surface area contributed by atoms with Crippen molar-refractivity contribution in [3.63, 3.8) is 0 Å². The van der Waals surface area contributed by atoms with E-state index < -0.39 is 48.5 Å². The van der Waals surface area contributed by atoms with Crippen LogP contribution in [0.15, 0.2) is 0 Å². The lowest BCUT2D eigenvalue weighted by Gasteiger charge is -2.39. The van der Waals surface area contributed by atoms with Gasteiger partial charge in [0.1, 0.15) is 18.8 Å². The van der Waals surface area contributed by atoms with Gasteiger partial charge in [-0.05, 0) is 0 Å². The summed E-state index contributed by atoms with van der Waals surface area (Å²) in [6.45, 7) is 4.60. The molecule has 0 aromatic heterocycles. The van der Waals surface area contributed by atoms with Gasteiger partial charge in [-0.2, -0.15) is 0 Å². The highest BCUT2D eigenvalue weighted by atomic mass is 16.7. The van der Waals surface area contributed by atoms with Crippen molar-refractivity contribution in [3.05, 3.63) is 0 Å². The molecule has 0 bridgehead atoms. The van der Waals surface area contributed by atoms with Crippen LogP contribution in [0, 0.1) is 0 Å². The molecule has 9 nitrogen and oxygen atoms in total. The van der Waals surface area contributed by atoms with Gasteiger partial charge in [-0.1, -0.05) is 0 Å². The Morgan fingerprint density at radius 2 is 1.35 bits per heavy atom. The molecule has 0 radical (unpaired) electrons. The second-order valence-corrected chi connectivity index (χ2v) is 4.99. The molecule has 0 aliphatic carbocycles. The van der Waals surface area contributed by atoms with Crippen LogP contribution in [0.2, 0.25) is 0 Å². The van der Waals surface area contributed by atoms with E-state index in [9.17, 15) is 19.2 Å². The Morgan fingerprint density at radius 3 is 1.83 bits per heavy atom. The van der Waals surface area contributed by atoms with Crippen LogP contribution in [0.5, 0.6) is 0 Å². The van der Waals surface area contributed by atoms with Gasteiger partial charge < -0.3 is 23.7 Å². The van der Waals surface area contributed by atoms with Crippen LogP contribution in [0.3, 0.4) is 0 Å². The topological polar surface area (TPSA) is 114 Å². The summed E-state index contributed by atoms with van der Waals surface area (Å²) in [5.41, 5.74) is 0. The van der Waals surface area contributed by atoms with E-state index in [4.69, 9.17) is 23.7 Å². The Balaban J connectivity index is 2.89. The predicted octanol–water partition coefficient (Wildman–Crippen LogP) is 0.0910. The van der Waals surface area contributed by atoms with E-state index in [1.807, 2.05) is 0 Å². The summed E-state index contributed by atoms with van der Waals surface area (Å²) < 4.78 is 25.5. The molecule has 0 aromatic carbocycles. The van der Waals surface area contributed by atoms with E-state index in [0.717, 1.165) is 0 Å². The van der Waals surface area contributed by atoms with Crippen LogP contribution in [0.25, 0.3) is 0 Å². The smallest absolute Gasteiger partial charge is 0.305 e. The minimum Gasteiger partial charge on any atom is -0.463 e. The van der Waals surface area contributed by atoms with E-state index in [1.54, 1.807) is 0 Å². The van der Waals surface area contributed by atoms with E-state index in [2.05, 4.69) is 0 Å². The van der Waals surface area contributed by atoms with Gasteiger partial charge in [0.2, 0.25) is 6.29 Å². The number of rotatable bonds is 5. The van der Waals surface area contributed by atoms with Gasteiger partial charge in [-0.3, -0.25) is 19.2 Å². The molecule has 9 heteroatoms. The third kappa shape index (κ3) is 6.64. The molecule has 0 amide bonds. The van der Waals surface area contributed by atoms with Gasteiger partial charge in [-0.25, -0.2) is 0 Å². The van der Waals surface area contributed by atoms with E-state index in [1.165, 1.54) is 27.7 Å². The van der Waals surface area contributed by atoms with E-state index in [-0.39, 0.29) is 13.0 Å². The van der Waals surface area contributed by atoms with Crippen molar-refractivity contribution in [2.45, 2.75) is 58.7 Å². The SMILES string of the molecule is CC(=O)OC[C@H]1O[C@@H](OC(C)=O)[C@H](OC(C)=O)C[C@H]1OC(C)=O. The standard InChI is InChI=1S/C14H20O9/c1-7(15)19-6-13-11(20-8(2)16)5-12(21-9(3)17)14(23-13)22-10(4)18/h11-14H,5-6H2,1-4H3/t11-,12-,13-,14-/m1/s1. The zero-order chi connectivity index (χ0) is 17.6. The molecule has 0 saturated carbocycles. The summed E-state index contributed by atoms with van der Waals surface area (Å²) >= 11 is 0. The van der Waals surface area contributed by atoms with E-state index >= 15 is 0 Å². The fourth-order valence-corrected chi connectivity index (χ4v) is 2.11. The summed E-state index contributed by atoms with van der Waals surface area (Å²) in [6.07, 6.45) is -3.73. The molecule has 1 fully saturated rings. The van der Waals surface area contributed by atoms with Gasteiger partial charge in [0.05, 0.1) is 0 Å². The third-order valence-electron chi connectivity index (χ3n) is 2.86. The summed E-state index contributed by atoms with van der Waals surface area (Å²) in [7, 11) is 0. The molecule has 4 atom stereocenters. The second-order valence-electron chi connectivity index (χ2n) is 4.99. The maximum atomic E-state index is 11.2. The molecule has 23 heavy (non-hydrogen) atoms. The van der Waals surface area contributed by atoms with Crippen LogP contribution in [-0.4, -0.2) is 55.1 Å². The average molecular weight is 332 g/mol. The average Bonchev–Trinajstić information content (AvgIpc) is 2.38. The van der Waals surface area contributed by atoms with Crippen molar-refractivity contribution < 1.29 is 42.9 Å². The minimum atomic E-state index is -1.18. The minimum absolute atomic E-state index is 0.0447. The Labute approximate surface area is 133 Å². The van der Waals surface area contributed by atoms with Gasteiger partial charge >= 0.3 is 23.9 Å². The molecule has 130 valence electrons. The summed E-state index contributed by atoms with van der Waals surface area (Å²) in [5, 5.41) is 0. The number of hydrogen-bond acceptors (Lipinski definition) is 9. The normalized spacial score (nSPS) is 26.8. The summed E-state index contributed by atoms with van der Waals surface area (Å²) in [5.74, 6) is -2.35. The quantitative estimate of drug-likeness (QED) is 0.510. The zero-order valence-electron chi connectivity index (χ0n) is 13.4. The first-order chi connectivity index (χ1) is 10.7. The molecule has 1 aliphatic rings. The second kappa shape index (κ2) is 8.47. The van der Waals surface area contributed by atoms with Crippen molar-refractivity contribution >= 4 is 23.9 Å². The van der Waals surface area contributed by atoms with E-state index in [0.29, 0.717) is 0 Å². The molecule has 0 spiro atoms. The van der Waals surface area contributed by atoms with Crippen LogP contribution >= 0.6 is 0 Å². The first kappa shape index (κ1) is 18.9. The molecular formula is C14H20O9. The predicted molar refractivity (Wildman–Crippen MR) is 72.8 cm³/mol. The fraction of sp³-hybridized carbons (Fsp3) is 0.714. The first-order valence-electron chi connectivity index (χ1n) is 6.99. The van der Waals surface area contributed by atoms with Gasteiger partial charge in [-0.15, -0.1) is 0 Å². The highest BCUT2D eigenvalue weighted by Crippen LogP contribution is 2.26. The van der Waals surface area contributed by atoms with Gasteiger partial charge in [0.15, 0.2) is 6.10 Å². The lowest BCUT2D eigenvalue weighted by Crippen LogP contribution is -2.53. The maximum absolute atomic E-state index is 11.2. The van der Waals surface area contributed by atoms with Gasteiger partial charge in [0, 0.05) is 34.1 Å². The van der Waals surface area contributed by atoms with Crippen molar-refractivity contribution in [1.29, 1.82) is 0 Å². The number of carbonyl (C=O) groups is 4. The number of esters is 4. The molecule has 1 rings (SSSR count). The van der Waals surface area contributed by atoms with Gasteiger partial charge in [0.25, 0.3) is 0 Å². The molecule has 1 aliphatic heterocycles. The van der Waals surface area contributed by atoms with Crippen LogP contribution in [0.1, 0.15) is 34.1 Å². The van der Waals surface area contributed by atoms with Crippen molar-refractivity contribution in [3.8, 4) is 0 Å². The lowest BCUT2D eigenvalue weighted by atomic mass is 10.0. The molecule has 1 heterocycles. The van der Waals surface area contributed by atoms with Crippen LogP contribution < -0.4 is 0 Å². The first-order valence-corrected chi connectivity index (χ1v) is 6.99. The molecule has 0 unspecified atom stereocenters. The third-order valence-corrected chi connectivity index (χ3v) is 2.86. The molecular weight excluding hydrogens is 312 g/mol. The zero-order valence-corrected chi connectivity index (χ0v) is 13.4. The van der Waals surface area contributed by atoms with Crippen molar-refractivity contribution in [1.82, 2.24) is 0 Å². The fourth-order valence-electron chi connectivity index (χ4n) is 2.11. The summed E-state index contributed by atoms with van der Waals surface area (Å²) in [6, 6.07) is 0. The molecule has 0 aromatic rings. The Kier molecular flexibility index (Phi) is 6.95. The Bertz CT molecular complexity index is 473. The highest BCUT2D eigenvalue weighted by molar-refractivity contribution is 5.68. The van der Waals surface area contributed by atoms with Crippen molar-refractivity contribution in [2.75, 3.05) is 6.61 Å². The number of hydrogen-bond donors (Lipinski definition) is 0. The molecule has 0 N–H and O–H groups in total. The Morgan fingerprint density at radius 1 is 0.826 bits per heavy atom. The Hall–Kier alpha value is -2.16. The van der Waals surface area contributed by atoms with Crippen LogP contribution in [-0.2, 0) is 42.9 Å². The largest absolute Gasteiger partial charge is 0.463 e. The highest BCUT2D eigenvalue weighted by Gasteiger charge is 2.43. The number of ether oxygens (including phenoxy) is 5. The van der Waals surface area contributed by atoms with Crippen LogP contribution in [0.4, 0.5) is 0 Å². The maximum Gasteiger partial charge on any atom is 0.305 e. The monoisotopic (exact) mass is 332 g/mol. The summed E-state index contributed by atoms with van der Waals surface area (Å²) in [4.78, 5) is 44.5.